The van der Waals surface area contributed by atoms with Crippen molar-refractivity contribution in [2.24, 2.45) is 5.92 Å². The molecule has 114 valence electrons. The third-order valence-electron chi connectivity index (χ3n) is 3.00. The number of hydrogen-bond acceptors (Lipinski definition) is 4. The Balaban J connectivity index is 2.10. The number of aromatic nitrogens is 1. The van der Waals surface area contributed by atoms with Gasteiger partial charge in [0.2, 0.25) is 5.89 Å². The zero-order valence-electron chi connectivity index (χ0n) is 12.0. The summed E-state index contributed by atoms with van der Waals surface area (Å²) in [6.07, 6.45) is 2.05. The van der Waals surface area contributed by atoms with Crippen LogP contribution in [0.15, 0.2) is 34.9 Å². The lowest BCUT2D eigenvalue weighted by atomic mass is 10.2. The first-order valence-corrected chi connectivity index (χ1v) is 8.96. The molecule has 0 atom stereocenters. The Hall–Kier alpha value is -1.33. The van der Waals surface area contributed by atoms with Gasteiger partial charge in [-0.2, -0.15) is 0 Å². The molecule has 2 rings (SSSR count). The zero-order valence-corrected chi connectivity index (χ0v) is 13.6. The van der Waals surface area contributed by atoms with Gasteiger partial charge in [0.15, 0.2) is 9.84 Å². The second-order valence-corrected chi connectivity index (χ2v) is 8.05. The number of oxazole rings is 1. The van der Waals surface area contributed by atoms with E-state index in [4.69, 9.17) is 16.0 Å². The summed E-state index contributed by atoms with van der Waals surface area (Å²) in [7, 11) is -3.16. The number of benzene rings is 1. The largest absolute Gasteiger partial charge is 0.444 e. The van der Waals surface area contributed by atoms with E-state index in [0.29, 0.717) is 28.9 Å². The Morgan fingerprint density at radius 3 is 2.76 bits per heavy atom. The highest BCUT2D eigenvalue weighted by Gasteiger charge is 2.16. The van der Waals surface area contributed by atoms with Gasteiger partial charge in [-0.3, -0.25) is 0 Å². The minimum atomic E-state index is -3.16. The highest BCUT2D eigenvalue weighted by atomic mass is 35.5. The van der Waals surface area contributed by atoms with Gasteiger partial charge in [0.05, 0.1) is 17.2 Å². The van der Waals surface area contributed by atoms with E-state index in [-0.39, 0.29) is 11.5 Å². The lowest BCUT2D eigenvalue weighted by Gasteiger charge is -2.04. The molecule has 0 saturated carbocycles. The maximum absolute atomic E-state index is 12.0. The summed E-state index contributed by atoms with van der Waals surface area (Å²) < 4.78 is 29.3. The molecule has 0 amide bonds. The predicted molar refractivity (Wildman–Crippen MR) is 83.9 cm³/mol. The molecule has 0 aliphatic rings. The van der Waals surface area contributed by atoms with Crippen LogP contribution in [0, 0.1) is 5.92 Å². The van der Waals surface area contributed by atoms with Gasteiger partial charge in [0.25, 0.3) is 0 Å². The number of halogens is 1. The van der Waals surface area contributed by atoms with Crippen LogP contribution in [0.25, 0.3) is 11.5 Å². The molecule has 0 bridgehead atoms. The summed E-state index contributed by atoms with van der Waals surface area (Å²) in [6, 6.07) is 7.09. The average molecular weight is 328 g/mol. The third-order valence-corrected chi connectivity index (χ3v) is 4.83. The van der Waals surface area contributed by atoms with Crippen LogP contribution in [-0.4, -0.2) is 19.2 Å². The molecule has 0 fully saturated rings. The first-order chi connectivity index (χ1) is 9.85. The average Bonchev–Trinajstić information content (AvgIpc) is 2.84. The fourth-order valence-corrected chi connectivity index (χ4v) is 3.59. The van der Waals surface area contributed by atoms with Crippen LogP contribution < -0.4 is 0 Å². The lowest BCUT2D eigenvalue weighted by Crippen LogP contribution is -2.11. The monoisotopic (exact) mass is 327 g/mol. The zero-order chi connectivity index (χ0) is 15.5. The van der Waals surface area contributed by atoms with E-state index in [2.05, 4.69) is 4.98 Å². The molecule has 0 saturated heterocycles. The van der Waals surface area contributed by atoms with E-state index in [0.717, 1.165) is 5.56 Å². The first-order valence-electron chi connectivity index (χ1n) is 6.76. The smallest absolute Gasteiger partial charge is 0.226 e. The van der Waals surface area contributed by atoms with Crippen LogP contribution in [0.3, 0.4) is 0 Å². The minimum absolute atomic E-state index is 0.0935. The number of rotatable bonds is 6. The van der Waals surface area contributed by atoms with Crippen LogP contribution in [0.2, 0.25) is 5.02 Å². The van der Waals surface area contributed by atoms with Crippen LogP contribution in [0.1, 0.15) is 26.0 Å². The number of hydrogen-bond donors (Lipinski definition) is 0. The van der Waals surface area contributed by atoms with Gasteiger partial charge in [0, 0.05) is 10.6 Å². The summed E-state index contributed by atoms with van der Waals surface area (Å²) in [5, 5.41) is 0.580. The molecule has 2 aromatic rings. The molecule has 0 radical (unpaired) electrons. The SMILES string of the molecule is CC(C)CCS(=O)(=O)Cc1coc(-c2cccc(Cl)c2)n1. The normalized spacial score (nSPS) is 12.0. The van der Waals surface area contributed by atoms with Crippen molar-refractivity contribution in [1.82, 2.24) is 4.98 Å². The number of sulfone groups is 1. The molecule has 4 nitrogen and oxygen atoms in total. The first kappa shape index (κ1) is 16.0. The molecule has 0 aliphatic heterocycles. The van der Waals surface area contributed by atoms with E-state index >= 15 is 0 Å². The van der Waals surface area contributed by atoms with Crippen molar-refractivity contribution >= 4 is 21.4 Å². The number of nitrogens with zero attached hydrogens (tertiary/aromatic N) is 1. The van der Waals surface area contributed by atoms with Gasteiger partial charge in [-0.1, -0.05) is 31.5 Å². The van der Waals surface area contributed by atoms with E-state index < -0.39 is 9.84 Å². The van der Waals surface area contributed by atoms with Crippen molar-refractivity contribution in [2.45, 2.75) is 26.0 Å². The lowest BCUT2D eigenvalue weighted by molar-refractivity contribution is 0.567. The van der Waals surface area contributed by atoms with Crippen molar-refractivity contribution in [3.05, 3.63) is 41.2 Å². The van der Waals surface area contributed by atoms with E-state index in [1.54, 1.807) is 18.2 Å². The van der Waals surface area contributed by atoms with Crippen molar-refractivity contribution in [1.29, 1.82) is 0 Å². The van der Waals surface area contributed by atoms with Gasteiger partial charge in [0.1, 0.15) is 6.26 Å². The van der Waals surface area contributed by atoms with Gasteiger partial charge >= 0.3 is 0 Å². The molecule has 1 heterocycles. The molecular formula is C15H18ClNO3S. The summed E-state index contributed by atoms with van der Waals surface area (Å²) in [6.45, 7) is 4.01. The van der Waals surface area contributed by atoms with Crippen LogP contribution >= 0.6 is 11.6 Å². The topological polar surface area (TPSA) is 60.2 Å². The molecule has 0 N–H and O–H groups in total. The Labute approximate surface area is 130 Å². The van der Waals surface area contributed by atoms with Crippen LogP contribution in [-0.2, 0) is 15.6 Å². The van der Waals surface area contributed by atoms with Crippen molar-refractivity contribution in [3.63, 3.8) is 0 Å². The van der Waals surface area contributed by atoms with Crippen molar-refractivity contribution in [2.75, 3.05) is 5.75 Å². The summed E-state index contributed by atoms with van der Waals surface area (Å²) >= 11 is 5.91. The van der Waals surface area contributed by atoms with Gasteiger partial charge < -0.3 is 4.42 Å². The molecule has 1 aromatic heterocycles. The minimum Gasteiger partial charge on any atom is -0.444 e. The van der Waals surface area contributed by atoms with E-state index in [9.17, 15) is 8.42 Å². The predicted octanol–water partition coefficient (Wildman–Crippen LogP) is 3.96. The van der Waals surface area contributed by atoms with Crippen molar-refractivity contribution in [3.8, 4) is 11.5 Å². The standard InChI is InChI=1S/C15H18ClNO3S/c1-11(2)6-7-21(18,19)10-14-9-20-15(17-14)12-4-3-5-13(16)8-12/h3-5,8-9,11H,6-7,10H2,1-2H3. The summed E-state index contributed by atoms with van der Waals surface area (Å²) in [5.41, 5.74) is 1.15. The van der Waals surface area contributed by atoms with Crippen LogP contribution in [0.5, 0.6) is 0 Å². The quantitative estimate of drug-likeness (QED) is 0.805. The fraction of sp³-hybridized carbons (Fsp3) is 0.400. The Kier molecular flexibility index (Phi) is 5.06. The highest BCUT2D eigenvalue weighted by molar-refractivity contribution is 7.90. The Morgan fingerprint density at radius 2 is 2.10 bits per heavy atom. The summed E-state index contributed by atoms with van der Waals surface area (Å²) in [4.78, 5) is 4.23. The van der Waals surface area contributed by atoms with E-state index in [1.807, 2.05) is 19.9 Å². The molecule has 0 aliphatic carbocycles. The Bertz CT molecular complexity index is 707. The fourth-order valence-electron chi connectivity index (χ4n) is 1.84. The van der Waals surface area contributed by atoms with Crippen LogP contribution in [0.4, 0.5) is 0 Å². The second kappa shape index (κ2) is 6.62. The summed E-state index contributed by atoms with van der Waals surface area (Å²) in [5.74, 6) is 0.819. The second-order valence-electron chi connectivity index (χ2n) is 5.43. The third kappa shape index (κ3) is 4.86. The molecule has 1 aromatic carbocycles. The molecule has 0 unspecified atom stereocenters. The molecule has 21 heavy (non-hydrogen) atoms. The van der Waals surface area contributed by atoms with Crippen molar-refractivity contribution < 1.29 is 12.8 Å². The molecular weight excluding hydrogens is 310 g/mol. The maximum Gasteiger partial charge on any atom is 0.226 e. The maximum atomic E-state index is 12.0. The Morgan fingerprint density at radius 1 is 1.33 bits per heavy atom. The highest BCUT2D eigenvalue weighted by Crippen LogP contribution is 2.22. The van der Waals surface area contributed by atoms with Gasteiger partial charge in [-0.05, 0) is 30.5 Å². The molecule has 6 heteroatoms. The van der Waals surface area contributed by atoms with E-state index in [1.165, 1.54) is 6.26 Å². The molecule has 0 spiro atoms. The van der Waals surface area contributed by atoms with Gasteiger partial charge in [-0.25, -0.2) is 13.4 Å². The van der Waals surface area contributed by atoms with Gasteiger partial charge in [-0.15, -0.1) is 0 Å².